The third-order valence-corrected chi connectivity index (χ3v) is 3.07. The van der Waals surface area contributed by atoms with E-state index >= 15 is 0 Å². The minimum absolute atomic E-state index is 0.708. The zero-order valence-electron chi connectivity index (χ0n) is 11.4. The van der Waals surface area contributed by atoms with Gasteiger partial charge in [-0.3, -0.25) is 0 Å². The highest BCUT2D eigenvalue weighted by Gasteiger charge is 1.99. The smallest absolute Gasteiger partial charge is 0.00387 e. The Morgan fingerprint density at radius 2 is 1.81 bits per heavy atom. The maximum absolute atomic E-state index is 3.74. The zero-order valence-corrected chi connectivity index (χ0v) is 11.4. The van der Waals surface area contributed by atoms with Gasteiger partial charge in [-0.1, -0.05) is 45.1 Å². The Kier molecular flexibility index (Phi) is 12.5. The van der Waals surface area contributed by atoms with Crippen LogP contribution < -0.4 is 5.32 Å². The van der Waals surface area contributed by atoms with Crippen molar-refractivity contribution in [2.75, 3.05) is 6.54 Å². The summed E-state index contributed by atoms with van der Waals surface area (Å²) in [5.41, 5.74) is 0. The van der Waals surface area contributed by atoms with Gasteiger partial charge in [-0.2, -0.15) is 0 Å². The number of unbranched alkanes of at least 4 members (excludes halogenated alkanes) is 6. The monoisotopic (exact) mass is 225 g/mol. The fourth-order valence-electron chi connectivity index (χ4n) is 1.92. The number of rotatable bonds is 12. The lowest BCUT2D eigenvalue weighted by molar-refractivity contribution is 0.474. The molecule has 0 saturated carbocycles. The summed E-state index contributed by atoms with van der Waals surface area (Å²) in [6.45, 7) is 9.51. The molecule has 0 fully saturated rings. The molecule has 0 heterocycles. The normalized spacial score (nSPS) is 12.6. The summed E-state index contributed by atoms with van der Waals surface area (Å²) in [6.07, 6.45) is 14.0. The molecule has 1 heteroatoms. The summed E-state index contributed by atoms with van der Waals surface area (Å²) in [7, 11) is 0. The fraction of sp³-hybridized carbons (Fsp3) is 0.867. The minimum atomic E-state index is 0.708. The third kappa shape index (κ3) is 11.8. The van der Waals surface area contributed by atoms with Gasteiger partial charge in [0.15, 0.2) is 0 Å². The van der Waals surface area contributed by atoms with Crippen LogP contribution in [0.2, 0.25) is 0 Å². The Bertz CT molecular complexity index is 142. The second-order valence-electron chi connectivity index (χ2n) is 4.84. The first-order chi connectivity index (χ1) is 7.81. The van der Waals surface area contributed by atoms with Crippen molar-refractivity contribution >= 4 is 0 Å². The van der Waals surface area contributed by atoms with Crippen LogP contribution in [0.1, 0.15) is 71.6 Å². The van der Waals surface area contributed by atoms with Gasteiger partial charge in [0.1, 0.15) is 0 Å². The fourth-order valence-corrected chi connectivity index (χ4v) is 1.92. The maximum Gasteiger partial charge on any atom is 0.00387 e. The molecule has 1 atom stereocenters. The number of hydrogen-bond donors (Lipinski definition) is 1. The lowest BCUT2D eigenvalue weighted by Crippen LogP contribution is -2.26. The number of hydrogen-bond acceptors (Lipinski definition) is 1. The summed E-state index contributed by atoms with van der Waals surface area (Å²) in [4.78, 5) is 0. The Hall–Kier alpha value is -0.300. The van der Waals surface area contributed by atoms with E-state index in [4.69, 9.17) is 0 Å². The van der Waals surface area contributed by atoms with Crippen molar-refractivity contribution in [2.45, 2.75) is 77.7 Å². The van der Waals surface area contributed by atoms with Crippen LogP contribution in [-0.4, -0.2) is 12.6 Å². The molecule has 0 amide bonds. The van der Waals surface area contributed by atoms with Crippen molar-refractivity contribution in [1.82, 2.24) is 5.32 Å². The van der Waals surface area contributed by atoms with Gasteiger partial charge in [-0.25, -0.2) is 0 Å². The van der Waals surface area contributed by atoms with Crippen LogP contribution in [0, 0.1) is 0 Å². The second kappa shape index (κ2) is 12.8. The van der Waals surface area contributed by atoms with E-state index in [0.717, 1.165) is 0 Å². The molecule has 1 nitrogen and oxygen atoms in total. The Morgan fingerprint density at radius 1 is 1.06 bits per heavy atom. The Labute approximate surface area is 103 Å². The Morgan fingerprint density at radius 3 is 2.50 bits per heavy atom. The van der Waals surface area contributed by atoms with Crippen LogP contribution >= 0.6 is 0 Å². The van der Waals surface area contributed by atoms with E-state index < -0.39 is 0 Å². The van der Waals surface area contributed by atoms with Crippen LogP contribution in [0.25, 0.3) is 0 Å². The van der Waals surface area contributed by atoms with Crippen molar-refractivity contribution in [3.05, 3.63) is 12.7 Å². The molecule has 1 unspecified atom stereocenters. The first-order valence-electron chi connectivity index (χ1n) is 7.15. The van der Waals surface area contributed by atoms with Gasteiger partial charge in [0.05, 0.1) is 0 Å². The molecular formula is C15H31N. The average molecular weight is 225 g/mol. The molecule has 0 aromatic rings. The molecule has 1 N–H and O–H groups in total. The van der Waals surface area contributed by atoms with E-state index in [1.54, 1.807) is 0 Å². The highest BCUT2D eigenvalue weighted by Crippen LogP contribution is 2.05. The quantitative estimate of drug-likeness (QED) is 0.375. The lowest BCUT2D eigenvalue weighted by Gasteiger charge is -2.13. The maximum atomic E-state index is 3.74. The first-order valence-corrected chi connectivity index (χ1v) is 7.15. The van der Waals surface area contributed by atoms with E-state index in [1.165, 1.54) is 64.3 Å². The van der Waals surface area contributed by atoms with E-state index in [2.05, 4.69) is 25.7 Å². The summed E-state index contributed by atoms with van der Waals surface area (Å²) in [6, 6.07) is 0.708. The molecule has 16 heavy (non-hydrogen) atoms. The van der Waals surface area contributed by atoms with Gasteiger partial charge < -0.3 is 5.32 Å². The van der Waals surface area contributed by atoms with Crippen LogP contribution in [0.15, 0.2) is 12.7 Å². The first kappa shape index (κ1) is 15.7. The lowest BCUT2D eigenvalue weighted by atomic mass is 10.1. The highest BCUT2D eigenvalue weighted by atomic mass is 14.9. The van der Waals surface area contributed by atoms with Crippen LogP contribution in [0.3, 0.4) is 0 Å². The summed E-state index contributed by atoms with van der Waals surface area (Å²) >= 11 is 0. The van der Waals surface area contributed by atoms with Crippen molar-refractivity contribution in [2.24, 2.45) is 0 Å². The molecule has 0 aliphatic heterocycles. The molecule has 96 valence electrons. The molecular weight excluding hydrogens is 194 g/mol. The summed E-state index contributed by atoms with van der Waals surface area (Å²) in [5, 5.41) is 3.61. The molecule has 0 aromatic heterocycles. The third-order valence-electron chi connectivity index (χ3n) is 3.07. The topological polar surface area (TPSA) is 12.0 Å². The SMILES string of the molecule is C=CCCCCCCNC(C)CCCCC. The van der Waals surface area contributed by atoms with E-state index in [-0.39, 0.29) is 0 Å². The van der Waals surface area contributed by atoms with E-state index in [0.29, 0.717) is 6.04 Å². The Balaban J connectivity index is 3.08. The van der Waals surface area contributed by atoms with Crippen LogP contribution in [0.4, 0.5) is 0 Å². The van der Waals surface area contributed by atoms with Gasteiger partial charge in [0.25, 0.3) is 0 Å². The van der Waals surface area contributed by atoms with E-state index in [9.17, 15) is 0 Å². The van der Waals surface area contributed by atoms with E-state index in [1.807, 2.05) is 6.08 Å². The molecule has 0 radical (unpaired) electrons. The van der Waals surface area contributed by atoms with Crippen molar-refractivity contribution in [3.8, 4) is 0 Å². The average Bonchev–Trinajstić information content (AvgIpc) is 2.28. The molecule has 0 aromatic carbocycles. The molecule has 0 spiro atoms. The van der Waals surface area contributed by atoms with Crippen LogP contribution in [-0.2, 0) is 0 Å². The van der Waals surface area contributed by atoms with Crippen LogP contribution in [0.5, 0.6) is 0 Å². The second-order valence-corrected chi connectivity index (χ2v) is 4.84. The number of nitrogens with one attached hydrogen (secondary N) is 1. The van der Waals surface area contributed by atoms with Gasteiger partial charge in [-0.15, -0.1) is 6.58 Å². The predicted octanol–water partition coefficient (Wildman–Crippen LogP) is 4.68. The molecule has 0 saturated heterocycles. The molecule has 0 bridgehead atoms. The molecule has 0 aliphatic rings. The van der Waals surface area contributed by atoms with Gasteiger partial charge in [0.2, 0.25) is 0 Å². The summed E-state index contributed by atoms with van der Waals surface area (Å²) in [5.74, 6) is 0. The molecule has 0 aliphatic carbocycles. The molecule has 0 rings (SSSR count). The van der Waals surface area contributed by atoms with Gasteiger partial charge in [-0.05, 0) is 39.2 Å². The largest absolute Gasteiger partial charge is 0.314 e. The highest BCUT2D eigenvalue weighted by molar-refractivity contribution is 4.65. The van der Waals surface area contributed by atoms with Gasteiger partial charge >= 0.3 is 0 Å². The standard InChI is InChI=1S/C15H31N/c1-4-6-8-9-10-12-14-16-15(3)13-11-7-5-2/h4,15-16H,1,5-14H2,2-3H3. The predicted molar refractivity (Wildman–Crippen MR) is 74.9 cm³/mol. The van der Waals surface area contributed by atoms with Crippen molar-refractivity contribution in [1.29, 1.82) is 0 Å². The minimum Gasteiger partial charge on any atom is -0.314 e. The van der Waals surface area contributed by atoms with Crippen molar-refractivity contribution < 1.29 is 0 Å². The van der Waals surface area contributed by atoms with Crippen molar-refractivity contribution in [3.63, 3.8) is 0 Å². The number of allylic oxidation sites excluding steroid dienone is 1. The summed E-state index contributed by atoms with van der Waals surface area (Å²) < 4.78 is 0. The zero-order chi connectivity index (χ0) is 12.1. The van der Waals surface area contributed by atoms with Gasteiger partial charge in [0, 0.05) is 6.04 Å².